The van der Waals surface area contributed by atoms with Gasteiger partial charge in [-0.1, -0.05) is 74.2 Å². The Labute approximate surface area is 239 Å². The first kappa shape index (κ1) is 31.0. The molecule has 1 N–H and O–H groups in total. The van der Waals surface area contributed by atoms with Crippen LogP contribution in [0.3, 0.4) is 0 Å². The maximum Gasteiger partial charge on any atom is 0.243 e. The lowest BCUT2D eigenvalue weighted by atomic mass is 9.95. The van der Waals surface area contributed by atoms with E-state index in [0.29, 0.717) is 42.1 Å². The smallest absolute Gasteiger partial charge is 0.243 e. The highest BCUT2D eigenvalue weighted by Crippen LogP contribution is 2.28. The number of carbonyl (C=O) groups excluding carboxylic acids is 2. The second-order valence-electron chi connectivity index (χ2n) is 10.4. The molecular formula is C30H42ClN3O4S. The molecule has 3 rings (SSSR count). The van der Waals surface area contributed by atoms with Crippen LogP contribution in [0.1, 0.15) is 69.4 Å². The van der Waals surface area contributed by atoms with Crippen molar-refractivity contribution in [1.82, 2.24) is 10.2 Å². The summed E-state index contributed by atoms with van der Waals surface area (Å²) in [6, 6.07) is 14.7. The maximum atomic E-state index is 13.6. The van der Waals surface area contributed by atoms with Crippen molar-refractivity contribution in [3.05, 3.63) is 64.7 Å². The van der Waals surface area contributed by atoms with Crippen molar-refractivity contribution in [2.45, 2.75) is 83.7 Å². The number of anilines is 1. The molecule has 2 aromatic carbocycles. The number of nitrogens with one attached hydrogen (secondary N) is 1. The van der Waals surface area contributed by atoms with Gasteiger partial charge in [0.2, 0.25) is 21.8 Å². The van der Waals surface area contributed by atoms with Gasteiger partial charge in [0.05, 0.1) is 11.9 Å². The van der Waals surface area contributed by atoms with E-state index in [4.69, 9.17) is 11.6 Å². The molecule has 0 bridgehead atoms. The fourth-order valence-corrected chi connectivity index (χ4v) is 6.47. The predicted octanol–water partition coefficient (Wildman–Crippen LogP) is 5.49. The van der Waals surface area contributed by atoms with Gasteiger partial charge in [0, 0.05) is 30.6 Å². The highest BCUT2D eigenvalue weighted by molar-refractivity contribution is 7.92. The van der Waals surface area contributed by atoms with Crippen molar-refractivity contribution in [2.75, 3.05) is 23.7 Å². The average molecular weight is 576 g/mol. The van der Waals surface area contributed by atoms with E-state index in [0.717, 1.165) is 37.5 Å². The maximum absolute atomic E-state index is 13.6. The molecule has 0 saturated heterocycles. The number of hydrogen-bond acceptors (Lipinski definition) is 4. The number of benzene rings is 2. The first-order chi connectivity index (χ1) is 18.6. The molecule has 2 aromatic rings. The van der Waals surface area contributed by atoms with Crippen LogP contribution in [-0.2, 0) is 26.0 Å². The Morgan fingerprint density at radius 2 is 1.72 bits per heavy atom. The summed E-state index contributed by atoms with van der Waals surface area (Å²) in [4.78, 5) is 28.7. The fraction of sp³-hybridized carbons (Fsp3) is 0.533. The van der Waals surface area contributed by atoms with Crippen LogP contribution >= 0.6 is 11.6 Å². The summed E-state index contributed by atoms with van der Waals surface area (Å²) in [5.74, 6) is -0.244. The molecule has 0 aromatic heterocycles. The highest BCUT2D eigenvalue weighted by atomic mass is 35.5. The topological polar surface area (TPSA) is 86.8 Å². The molecule has 214 valence electrons. The van der Waals surface area contributed by atoms with Gasteiger partial charge in [-0.2, -0.15) is 0 Å². The Hall–Kier alpha value is -2.58. The first-order valence-corrected chi connectivity index (χ1v) is 16.2. The molecule has 1 aliphatic carbocycles. The molecule has 1 fully saturated rings. The van der Waals surface area contributed by atoms with Gasteiger partial charge in [-0.25, -0.2) is 8.42 Å². The van der Waals surface area contributed by atoms with Crippen molar-refractivity contribution in [2.24, 2.45) is 0 Å². The van der Waals surface area contributed by atoms with Crippen LogP contribution in [0.5, 0.6) is 0 Å². The molecule has 0 heterocycles. The van der Waals surface area contributed by atoms with E-state index in [1.54, 1.807) is 30.0 Å². The number of sulfonamides is 1. The van der Waals surface area contributed by atoms with Crippen molar-refractivity contribution < 1.29 is 18.0 Å². The molecule has 1 aliphatic rings. The van der Waals surface area contributed by atoms with Gasteiger partial charge in [0.25, 0.3) is 0 Å². The summed E-state index contributed by atoms with van der Waals surface area (Å²) in [7, 11) is -3.59. The van der Waals surface area contributed by atoms with E-state index in [1.807, 2.05) is 37.3 Å². The minimum Gasteiger partial charge on any atom is -0.352 e. The molecule has 0 spiro atoms. The van der Waals surface area contributed by atoms with Crippen molar-refractivity contribution in [3.8, 4) is 0 Å². The minimum absolute atomic E-state index is 0.0990. The summed E-state index contributed by atoms with van der Waals surface area (Å²) in [5, 5.41) is 3.68. The fourth-order valence-electron chi connectivity index (χ4n) is 5.29. The zero-order chi connectivity index (χ0) is 28.4. The number of hydrogen-bond donors (Lipinski definition) is 1. The summed E-state index contributed by atoms with van der Waals surface area (Å²) in [6.45, 7) is 4.27. The van der Waals surface area contributed by atoms with E-state index >= 15 is 0 Å². The SMILES string of the molecule is CC[C@H](C(=O)NC1CCCCC1)N(CCc1ccccc1)C(=O)CCCN(c1cccc(Cl)c1C)S(C)(=O)=O. The Balaban J connectivity index is 1.73. The van der Waals surface area contributed by atoms with Gasteiger partial charge in [0.1, 0.15) is 6.04 Å². The molecule has 2 amide bonds. The van der Waals surface area contributed by atoms with Crippen LogP contribution in [0.25, 0.3) is 0 Å². The molecule has 0 radical (unpaired) electrons. The number of nitrogens with zero attached hydrogens (tertiary/aromatic N) is 2. The van der Waals surface area contributed by atoms with Crippen LogP contribution in [0.15, 0.2) is 48.5 Å². The zero-order valence-electron chi connectivity index (χ0n) is 23.4. The average Bonchev–Trinajstić information content (AvgIpc) is 2.91. The molecule has 1 atom stereocenters. The normalized spacial score (nSPS) is 15.0. The monoisotopic (exact) mass is 575 g/mol. The number of halogens is 1. The van der Waals surface area contributed by atoms with Crippen LogP contribution in [0, 0.1) is 6.92 Å². The van der Waals surface area contributed by atoms with Gasteiger partial charge in [-0.05, 0) is 62.3 Å². The molecule has 9 heteroatoms. The summed E-state index contributed by atoms with van der Waals surface area (Å²) < 4.78 is 26.6. The third-order valence-corrected chi connectivity index (χ3v) is 9.07. The molecule has 39 heavy (non-hydrogen) atoms. The van der Waals surface area contributed by atoms with E-state index in [-0.39, 0.29) is 30.8 Å². The van der Waals surface area contributed by atoms with Gasteiger partial charge in [-0.3, -0.25) is 13.9 Å². The minimum atomic E-state index is -3.59. The van der Waals surface area contributed by atoms with Crippen LogP contribution in [-0.4, -0.2) is 56.6 Å². The second kappa shape index (κ2) is 14.7. The molecule has 0 aliphatic heterocycles. The van der Waals surface area contributed by atoms with E-state index in [1.165, 1.54) is 10.7 Å². The lowest BCUT2D eigenvalue weighted by molar-refractivity contribution is -0.141. The van der Waals surface area contributed by atoms with Crippen LogP contribution < -0.4 is 9.62 Å². The molecule has 0 unspecified atom stereocenters. The number of carbonyl (C=O) groups is 2. The molecular weight excluding hydrogens is 534 g/mol. The second-order valence-corrected chi connectivity index (χ2v) is 12.7. The molecule has 1 saturated carbocycles. The Kier molecular flexibility index (Phi) is 11.7. The predicted molar refractivity (Wildman–Crippen MR) is 159 cm³/mol. The van der Waals surface area contributed by atoms with E-state index < -0.39 is 16.1 Å². The van der Waals surface area contributed by atoms with Crippen LogP contribution in [0.4, 0.5) is 5.69 Å². The lowest BCUT2D eigenvalue weighted by Crippen LogP contribution is -2.52. The van der Waals surface area contributed by atoms with Crippen molar-refractivity contribution >= 4 is 39.1 Å². The lowest BCUT2D eigenvalue weighted by Gasteiger charge is -2.33. The number of amides is 2. The van der Waals surface area contributed by atoms with Crippen molar-refractivity contribution in [1.29, 1.82) is 0 Å². The summed E-state index contributed by atoms with van der Waals surface area (Å²) in [5.41, 5.74) is 2.28. The van der Waals surface area contributed by atoms with Gasteiger partial charge in [0.15, 0.2) is 0 Å². The Morgan fingerprint density at radius 3 is 2.36 bits per heavy atom. The third kappa shape index (κ3) is 8.97. The van der Waals surface area contributed by atoms with Crippen LogP contribution in [0.2, 0.25) is 5.02 Å². The molecule has 7 nitrogen and oxygen atoms in total. The van der Waals surface area contributed by atoms with Gasteiger partial charge >= 0.3 is 0 Å². The summed E-state index contributed by atoms with van der Waals surface area (Å²) >= 11 is 6.25. The van der Waals surface area contributed by atoms with Gasteiger partial charge < -0.3 is 10.2 Å². The number of rotatable bonds is 13. The largest absolute Gasteiger partial charge is 0.352 e. The highest BCUT2D eigenvalue weighted by Gasteiger charge is 2.30. The van der Waals surface area contributed by atoms with E-state index in [2.05, 4.69) is 5.32 Å². The van der Waals surface area contributed by atoms with E-state index in [9.17, 15) is 18.0 Å². The zero-order valence-corrected chi connectivity index (χ0v) is 24.9. The Morgan fingerprint density at radius 1 is 1.03 bits per heavy atom. The first-order valence-electron chi connectivity index (χ1n) is 14.0. The Bertz CT molecular complexity index is 1200. The summed E-state index contributed by atoms with van der Waals surface area (Å²) in [6.07, 6.45) is 8.13. The quantitative estimate of drug-likeness (QED) is 0.342. The standard InChI is InChI=1S/C30H42ClN3O4S/c1-4-27(30(36)32-25-15-9-6-10-16-25)33(22-20-24-13-7-5-8-14-24)29(35)19-12-21-34(39(3,37)38)28-18-11-17-26(31)23(28)2/h5,7-8,11,13-14,17-18,25,27H,4,6,9-10,12,15-16,19-22H2,1-3H3,(H,32,36)/t27-/m1/s1. The van der Waals surface area contributed by atoms with Crippen molar-refractivity contribution in [3.63, 3.8) is 0 Å². The third-order valence-electron chi connectivity index (χ3n) is 7.48. The van der Waals surface area contributed by atoms with Gasteiger partial charge in [-0.15, -0.1) is 0 Å².